The zero-order valence-corrected chi connectivity index (χ0v) is 18.8. The molecule has 0 bridgehead atoms. The van der Waals surface area contributed by atoms with Crippen molar-refractivity contribution in [2.24, 2.45) is 4.99 Å². The van der Waals surface area contributed by atoms with Crippen LogP contribution in [0.15, 0.2) is 53.5 Å². The van der Waals surface area contributed by atoms with Crippen molar-refractivity contribution in [3.05, 3.63) is 59.7 Å². The third-order valence-corrected chi connectivity index (χ3v) is 4.61. The van der Waals surface area contributed by atoms with Crippen LogP contribution in [0.3, 0.4) is 0 Å². The van der Waals surface area contributed by atoms with Crippen LogP contribution in [0, 0.1) is 0 Å². The van der Waals surface area contributed by atoms with Crippen LogP contribution in [0.5, 0.6) is 5.75 Å². The number of methoxy groups -OCH3 is 1. The largest absolute Gasteiger partial charge is 0.493 e. The highest BCUT2D eigenvalue weighted by atomic mass is 16.5. The Morgan fingerprint density at radius 2 is 1.83 bits per heavy atom. The van der Waals surface area contributed by atoms with Gasteiger partial charge in [-0.2, -0.15) is 0 Å². The topological polar surface area (TPSA) is 58.1 Å². The van der Waals surface area contributed by atoms with Crippen molar-refractivity contribution in [3.8, 4) is 5.75 Å². The molecule has 0 unspecified atom stereocenters. The molecule has 0 saturated heterocycles. The number of nitrogens with one attached hydrogen (secondary N) is 2. The molecule has 0 saturated carbocycles. The van der Waals surface area contributed by atoms with Crippen LogP contribution in [0.4, 0.5) is 5.69 Å². The van der Waals surface area contributed by atoms with Gasteiger partial charge in [0.15, 0.2) is 5.96 Å². The maximum atomic E-state index is 5.79. The van der Waals surface area contributed by atoms with Gasteiger partial charge in [-0.05, 0) is 43.8 Å². The van der Waals surface area contributed by atoms with Crippen molar-refractivity contribution in [1.29, 1.82) is 0 Å². The maximum Gasteiger partial charge on any atom is 0.196 e. The third kappa shape index (κ3) is 8.84. The lowest BCUT2D eigenvalue weighted by atomic mass is 10.1. The molecule has 0 spiro atoms. The molecule has 2 aromatic carbocycles. The number of benzene rings is 2. The SMILES string of the molecule is CCNC(=NCc1cccc(CN(C)CC)c1)Nc1cccc(OCCCOC)c1. The fraction of sp³-hybridized carbons (Fsp3) is 0.458. The Labute approximate surface area is 181 Å². The Hall–Kier alpha value is -2.57. The predicted molar refractivity (Wildman–Crippen MR) is 125 cm³/mol. The van der Waals surface area contributed by atoms with E-state index in [9.17, 15) is 0 Å². The van der Waals surface area contributed by atoms with E-state index in [1.807, 2.05) is 24.3 Å². The zero-order chi connectivity index (χ0) is 21.6. The first-order chi connectivity index (χ1) is 14.6. The van der Waals surface area contributed by atoms with Gasteiger partial charge in [-0.1, -0.05) is 37.3 Å². The summed E-state index contributed by atoms with van der Waals surface area (Å²) in [6.07, 6.45) is 0.866. The van der Waals surface area contributed by atoms with E-state index in [4.69, 9.17) is 14.5 Å². The molecule has 6 heteroatoms. The predicted octanol–water partition coefficient (Wildman–Crippen LogP) is 4.13. The Bertz CT molecular complexity index is 779. The summed E-state index contributed by atoms with van der Waals surface area (Å²) in [6.45, 7) is 8.96. The second-order valence-electron chi connectivity index (χ2n) is 7.19. The summed E-state index contributed by atoms with van der Waals surface area (Å²) in [5, 5.41) is 6.68. The minimum atomic E-state index is 0.617. The van der Waals surface area contributed by atoms with E-state index in [0.29, 0.717) is 19.8 Å². The minimum absolute atomic E-state index is 0.617. The second-order valence-corrected chi connectivity index (χ2v) is 7.19. The molecular weight excluding hydrogens is 376 g/mol. The Morgan fingerprint density at radius 3 is 2.60 bits per heavy atom. The summed E-state index contributed by atoms with van der Waals surface area (Å²) < 4.78 is 10.8. The second kappa shape index (κ2) is 13.6. The van der Waals surface area contributed by atoms with Crippen LogP contribution in [0.2, 0.25) is 0 Å². The van der Waals surface area contributed by atoms with Crippen molar-refractivity contribution in [2.45, 2.75) is 33.4 Å². The normalized spacial score (nSPS) is 11.6. The van der Waals surface area contributed by atoms with Gasteiger partial charge in [0.1, 0.15) is 5.75 Å². The van der Waals surface area contributed by atoms with E-state index in [1.54, 1.807) is 7.11 Å². The smallest absolute Gasteiger partial charge is 0.196 e. The van der Waals surface area contributed by atoms with Crippen molar-refractivity contribution < 1.29 is 9.47 Å². The van der Waals surface area contributed by atoms with Crippen LogP contribution >= 0.6 is 0 Å². The summed E-state index contributed by atoms with van der Waals surface area (Å²) in [5.74, 6) is 1.59. The minimum Gasteiger partial charge on any atom is -0.493 e. The fourth-order valence-electron chi connectivity index (χ4n) is 2.92. The third-order valence-electron chi connectivity index (χ3n) is 4.61. The van der Waals surface area contributed by atoms with Crippen LogP contribution < -0.4 is 15.4 Å². The van der Waals surface area contributed by atoms with Crippen LogP contribution in [0.1, 0.15) is 31.4 Å². The van der Waals surface area contributed by atoms with E-state index in [2.05, 4.69) is 60.7 Å². The molecule has 2 rings (SSSR count). The summed E-state index contributed by atoms with van der Waals surface area (Å²) >= 11 is 0. The van der Waals surface area contributed by atoms with Crippen LogP contribution in [-0.2, 0) is 17.8 Å². The molecule has 0 fully saturated rings. The van der Waals surface area contributed by atoms with Crippen molar-refractivity contribution >= 4 is 11.6 Å². The number of ether oxygens (including phenoxy) is 2. The van der Waals surface area contributed by atoms with E-state index < -0.39 is 0 Å². The van der Waals surface area contributed by atoms with Gasteiger partial charge in [0.25, 0.3) is 0 Å². The Morgan fingerprint density at radius 1 is 1.03 bits per heavy atom. The van der Waals surface area contributed by atoms with Gasteiger partial charge in [-0.25, -0.2) is 4.99 Å². The summed E-state index contributed by atoms with van der Waals surface area (Å²) in [6, 6.07) is 16.6. The molecule has 0 aliphatic carbocycles. The standard InChI is InChI=1S/C24H36N4O2/c1-5-25-24(26-18-20-10-7-11-21(16-20)19-28(3)6-2)27-22-12-8-13-23(17-22)30-15-9-14-29-4/h7-8,10-13,16-17H,5-6,9,14-15,18-19H2,1-4H3,(H2,25,26,27). The van der Waals surface area contributed by atoms with Crippen molar-refractivity contribution in [2.75, 3.05) is 45.8 Å². The number of anilines is 1. The number of hydrogen-bond donors (Lipinski definition) is 2. The molecule has 0 radical (unpaired) electrons. The van der Waals surface area contributed by atoms with E-state index in [0.717, 1.165) is 43.5 Å². The van der Waals surface area contributed by atoms with Gasteiger partial charge < -0.3 is 25.0 Å². The Balaban J connectivity index is 2.00. The van der Waals surface area contributed by atoms with E-state index in [-0.39, 0.29) is 0 Å². The van der Waals surface area contributed by atoms with E-state index >= 15 is 0 Å². The van der Waals surface area contributed by atoms with Gasteiger partial charge in [0.05, 0.1) is 13.2 Å². The monoisotopic (exact) mass is 412 g/mol. The van der Waals surface area contributed by atoms with Crippen molar-refractivity contribution in [3.63, 3.8) is 0 Å². The molecule has 30 heavy (non-hydrogen) atoms. The van der Waals surface area contributed by atoms with E-state index in [1.165, 1.54) is 11.1 Å². The Kier molecular flexibility index (Phi) is 10.8. The zero-order valence-electron chi connectivity index (χ0n) is 18.8. The molecular formula is C24H36N4O2. The lowest BCUT2D eigenvalue weighted by Crippen LogP contribution is -2.30. The van der Waals surface area contributed by atoms with Gasteiger partial charge in [-0.15, -0.1) is 0 Å². The van der Waals surface area contributed by atoms with Crippen LogP contribution in [0.25, 0.3) is 0 Å². The molecule has 0 aliphatic rings. The molecule has 0 aromatic heterocycles. The number of nitrogens with zero attached hydrogens (tertiary/aromatic N) is 2. The van der Waals surface area contributed by atoms with Gasteiger partial charge >= 0.3 is 0 Å². The highest BCUT2D eigenvalue weighted by molar-refractivity contribution is 5.93. The first kappa shape index (κ1) is 23.7. The quantitative estimate of drug-likeness (QED) is 0.312. The summed E-state index contributed by atoms with van der Waals surface area (Å²) in [4.78, 5) is 7.05. The highest BCUT2D eigenvalue weighted by Gasteiger charge is 2.03. The molecule has 0 amide bonds. The molecule has 2 aromatic rings. The fourth-order valence-corrected chi connectivity index (χ4v) is 2.92. The molecule has 0 heterocycles. The maximum absolute atomic E-state index is 5.79. The van der Waals surface area contributed by atoms with Gasteiger partial charge in [0, 0.05) is 45.0 Å². The highest BCUT2D eigenvalue weighted by Crippen LogP contribution is 2.17. The number of aliphatic imine (C=N–C) groups is 1. The molecule has 2 N–H and O–H groups in total. The average Bonchev–Trinajstić information content (AvgIpc) is 2.76. The van der Waals surface area contributed by atoms with Gasteiger partial charge in [0.2, 0.25) is 0 Å². The van der Waals surface area contributed by atoms with Crippen LogP contribution in [-0.4, -0.2) is 51.3 Å². The summed E-state index contributed by atoms with van der Waals surface area (Å²) in [5.41, 5.74) is 3.45. The first-order valence-corrected chi connectivity index (χ1v) is 10.7. The van der Waals surface area contributed by atoms with Crippen molar-refractivity contribution in [1.82, 2.24) is 10.2 Å². The lowest BCUT2D eigenvalue weighted by Gasteiger charge is -2.15. The van der Waals surface area contributed by atoms with Gasteiger partial charge in [-0.3, -0.25) is 0 Å². The molecule has 0 aliphatic heterocycles. The lowest BCUT2D eigenvalue weighted by molar-refractivity contribution is 0.172. The number of rotatable bonds is 12. The molecule has 0 atom stereocenters. The average molecular weight is 413 g/mol. The number of hydrogen-bond acceptors (Lipinski definition) is 4. The molecule has 164 valence electrons. The molecule has 6 nitrogen and oxygen atoms in total. The summed E-state index contributed by atoms with van der Waals surface area (Å²) in [7, 11) is 3.83. The first-order valence-electron chi connectivity index (χ1n) is 10.7. The number of guanidine groups is 1.